The van der Waals surface area contributed by atoms with Crippen LogP contribution >= 0.6 is 11.3 Å². The van der Waals surface area contributed by atoms with Gasteiger partial charge in [-0.25, -0.2) is 17.9 Å². The van der Waals surface area contributed by atoms with E-state index in [1.165, 1.54) is 11.4 Å². The van der Waals surface area contributed by atoms with Gasteiger partial charge in [0.15, 0.2) is 0 Å². The van der Waals surface area contributed by atoms with Gasteiger partial charge in [-0.15, -0.1) is 11.3 Å². The van der Waals surface area contributed by atoms with Crippen molar-refractivity contribution in [3.05, 3.63) is 11.4 Å². The van der Waals surface area contributed by atoms with E-state index >= 15 is 0 Å². The van der Waals surface area contributed by atoms with Crippen LogP contribution in [0.3, 0.4) is 0 Å². The fraction of sp³-hybridized carbons (Fsp3) is 0.375. The number of sulfonamides is 1. The van der Waals surface area contributed by atoms with E-state index in [1.54, 1.807) is 0 Å². The number of nitrogens with two attached hydrogens (primary N) is 1. The Kier molecular flexibility index (Phi) is 2.76. The van der Waals surface area contributed by atoms with Crippen molar-refractivity contribution in [2.75, 3.05) is 5.73 Å². The van der Waals surface area contributed by atoms with Gasteiger partial charge in [-0.05, 0) is 18.9 Å². The van der Waals surface area contributed by atoms with Crippen molar-refractivity contribution in [1.29, 1.82) is 0 Å². The molecule has 1 aliphatic carbocycles. The van der Waals surface area contributed by atoms with E-state index in [2.05, 4.69) is 5.32 Å². The van der Waals surface area contributed by atoms with Crippen LogP contribution in [0.15, 0.2) is 15.7 Å². The molecule has 2 rings (SSSR count). The lowest BCUT2D eigenvalue weighted by atomic mass is 10.6. The molecule has 6 nitrogen and oxygen atoms in total. The van der Waals surface area contributed by atoms with Crippen molar-refractivity contribution in [2.45, 2.75) is 23.1 Å². The Balaban J connectivity index is 2.04. The van der Waals surface area contributed by atoms with Crippen molar-refractivity contribution >= 4 is 33.1 Å². The molecule has 0 atom stereocenters. The van der Waals surface area contributed by atoms with E-state index in [0.717, 1.165) is 24.2 Å². The molecule has 0 unspecified atom stereocenters. The molecule has 16 heavy (non-hydrogen) atoms. The molecule has 1 aromatic heterocycles. The lowest BCUT2D eigenvalue weighted by Gasteiger charge is -2.05. The number of nitrogen functional groups attached to an aromatic ring is 1. The lowest BCUT2D eigenvalue weighted by molar-refractivity contribution is 0.245. The third kappa shape index (κ3) is 2.64. The molecule has 0 spiro atoms. The Labute approximate surface area is 96.9 Å². The zero-order chi connectivity index (χ0) is 11.8. The summed E-state index contributed by atoms with van der Waals surface area (Å²) in [4.78, 5) is 11.3. The van der Waals surface area contributed by atoms with E-state index in [1.807, 2.05) is 4.72 Å². The van der Waals surface area contributed by atoms with E-state index in [0.29, 0.717) is 5.69 Å². The van der Waals surface area contributed by atoms with Gasteiger partial charge in [-0.2, -0.15) is 0 Å². The second kappa shape index (κ2) is 3.95. The summed E-state index contributed by atoms with van der Waals surface area (Å²) >= 11 is 0.978. The van der Waals surface area contributed by atoms with E-state index in [4.69, 9.17) is 5.73 Å². The topological polar surface area (TPSA) is 101 Å². The Morgan fingerprint density at radius 2 is 2.19 bits per heavy atom. The first kappa shape index (κ1) is 11.2. The largest absolute Gasteiger partial charge is 0.398 e. The van der Waals surface area contributed by atoms with Crippen LogP contribution in [0.4, 0.5) is 10.5 Å². The smallest absolute Gasteiger partial charge is 0.328 e. The second-order valence-electron chi connectivity index (χ2n) is 3.55. The lowest BCUT2D eigenvalue weighted by Crippen LogP contribution is -2.40. The molecule has 88 valence electrons. The maximum Gasteiger partial charge on any atom is 0.328 e. The minimum Gasteiger partial charge on any atom is -0.398 e. The van der Waals surface area contributed by atoms with Crippen LogP contribution < -0.4 is 15.8 Å². The predicted octanol–water partition coefficient (Wildman–Crippen LogP) is 0.481. The van der Waals surface area contributed by atoms with Gasteiger partial charge < -0.3 is 11.1 Å². The van der Waals surface area contributed by atoms with Gasteiger partial charge in [0.05, 0.1) is 0 Å². The summed E-state index contributed by atoms with van der Waals surface area (Å²) in [6.07, 6.45) is 1.80. The normalized spacial score (nSPS) is 15.8. The second-order valence-corrected chi connectivity index (χ2v) is 6.37. The Morgan fingerprint density at radius 3 is 2.69 bits per heavy atom. The van der Waals surface area contributed by atoms with Gasteiger partial charge in [-0.3, -0.25) is 0 Å². The van der Waals surface area contributed by atoms with Crippen LogP contribution in [0, 0.1) is 0 Å². The first-order chi connectivity index (χ1) is 7.47. The van der Waals surface area contributed by atoms with E-state index in [9.17, 15) is 13.2 Å². The average Bonchev–Trinajstić information content (AvgIpc) is 2.84. The van der Waals surface area contributed by atoms with Crippen LogP contribution in [0.5, 0.6) is 0 Å². The fourth-order valence-electron chi connectivity index (χ4n) is 1.09. The molecule has 4 N–H and O–H groups in total. The molecule has 8 heteroatoms. The number of thiophene rings is 1. The number of anilines is 1. The molecule has 0 radical (unpaired) electrons. The number of hydrogen-bond acceptors (Lipinski definition) is 5. The molecule has 0 saturated heterocycles. The zero-order valence-corrected chi connectivity index (χ0v) is 9.90. The number of urea groups is 1. The molecule has 0 aromatic carbocycles. The molecule has 1 aromatic rings. The number of amides is 2. The number of hydrogen-bond donors (Lipinski definition) is 3. The first-order valence-corrected chi connectivity index (χ1v) is 7.01. The number of nitrogens with one attached hydrogen (secondary N) is 2. The third-order valence-corrected chi connectivity index (χ3v) is 4.79. The summed E-state index contributed by atoms with van der Waals surface area (Å²) in [6, 6.07) is 0.746. The van der Waals surface area contributed by atoms with Crippen molar-refractivity contribution < 1.29 is 13.2 Å². The van der Waals surface area contributed by atoms with Crippen LogP contribution in [0.25, 0.3) is 0 Å². The summed E-state index contributed by atoms with van der Waals surface area (Å²) in [7, 11) is -3.78. The third-order valence-electron chi connectivity index (χ3n) is 2.00. The van der Waals surface area contributed by atoms with Gasteiger partial charge in [-0.1, -0.05) is 0 Å². The quantitative estimate of drug-likeness (QED) is 0.736. The monoisotopic (exact) mass is 261 g/mol. The zero-order valence-electron chi connectivity index (χ0n) is 8.26. The molecule has 0 aliphatic heterocycles. The predicted molar refractivity (Wildman–Crippen MR) is 60.6 cm³/mol. The summed E-state index contributed by atoms with van der Waals surface area (Å²) in [5.74, 6) is 0. The highest BCUT2D eigenvalue weighted by Crippen LogP contribution is 2.22. The van der Waals surface area contributed by atoms with Crippen molar-refractivity contribution in [3.63, 3.8) is 0 Å². The average molecular weight is 261 g/mol. The fourth-order valence-corrected chi connectivity index (χ4v) is 3.08. The van der Waals surface area contributed by atoms with E-state index in [-0.39, 0.29) is 10.3 Å². The molecular formula is C8H11N3O3S2. The summed E-state index contributed by atoms with van der Waals surface area (Å²) < 4.78 is 25.3. The first-order valence-electron chi connectivity index (χ1n) is 4.65. The SMILES string of the molecule is Nc1csc(S(=O)(=O)NC(=O)NC2CC2)c1. The van der Waals surface area contributed by atoms with Gasteiger partial charge in [0.25, 0.3) is 10.0 Å². The molecule has 0 bridgehead atoms. The van der Waals surface area contributed by atoms with Crippen LogP contribution in [0.1, 0.15) is 12.8 Å². The van der Waals surface area contributed by atoms with Gasteiger partial charge in [0.2, 0.25) is 0 Å². The molecule has 1 heterocycles. The Morgan fingerprint density at radius 1 is 1.50 bits per heavy atom. The Hall–Kier alpha value is -1.28. The standard InChI is InChI=1S/C8H11N3O3S2/c9-5-3-7(15-4-5)16(13,14)11-8(12)10-6-1-2-6/h3-4,6H,1-2,9H2,(H2,10,11,12). The van der Waals surface area contributed by atoms with Gasteiger partial charge in [0.1, 0.15) is 4.21 Å². The number of carbonyl (C=O) groups excluding carboxylic acids is 1. The molecule has 1 saturated carbocycles. The molecule has 1 aliphatic rings. The highest BCUT2D eigenvalue weighted by atomic mass is 32.2. The molecule has 1 fully saturated rings. The van der Waals surface area contributed by atoms with Crippen molar-refractivity contribution in [1.82, 2.24) is 10.0 Å². The van der Waals surface area contributed by atoms with Gasteiger partial charge in [0, 0.05) is 17.1 Å². The number of carbonyl (C=O) groups is 1. The maximum absolute atomic E-state index is 11.6. The Bertz CT molecular complexity index is 504. The van der Waals surface area contributed by atoms with Crippen LogP contribution in [-0.4, -0.2) is 20.5 Å². The minimum atomic E-state index is -3.78. The van der Waals surface area contributed by atoms with Crippen LogP contribution in [-0.2, 0) is 10.0 Å². The van der Waals surface area contributed by atoms with E-state index < -0.39 is 16.1 Å². The van der Waals surface area contributed by atoms with Gasteiger partial charge >= 0.3 is 6.03 Å². The minimum absolute atomic E-state index is 0.0379. The summed E-state index contributed by atoms with van der Waals surface area (Å²) in [5, 5.41) is 4.04. The maximum atomic E-state index is 11.6. The number of rotatable bonds is 3. The highest BCUT2D eigenvalue weighted by Gasteiger charge is 2.26. The van der Waals surface area contributed by atoms with Crippen LogP contribution in [0.2, 0.25) is 0 Å². The molecular weight excluding hydrogens is 250 g/mol. The summed E-state index contributed by atoms with van der Waals surface area (Å²) in [6.45, 7) is 0. The van der Waals surface area contributed by atoms with Crippen molar-refractivity contribution in [2.24, 2.45) is 0 Å². The molecule has 2 amide bonds. The summed E-state index contributed by atoms with van der Waals surface area (Å²) in [5.41, 5.74) is 5.78. The van der Waals surface area contributed by atoms with Crippen molar-refractivity contribution in [3.8, 4) is 0 Å². The highest BCUT2D eigenvalue weighted by molar-refractivity contribution is 7.92.